The van der Waals surface area contributed by atoms with E-state index in [9.17, 15) is 9.59 Å². The molecule has 0 radical (unpaired) electrons. The van der Waals surface area contributed by atoms with Gasteiger partial charge in [0, 0.05) is 51.2 Å². The second-order valence-corrected chi connectivity index (χ2v) is 7.70. The molecular formula is C21H26N6O2. The van der Waals surface area contributed by atoms with Crippen molar-refractivity contribution >= 4 is 5.91 Å². The average Bonchev–Trinajstić information content (AvgIpc) is 3.29. The highest BCUT2D eigenvalue weighted by Gasteiger charge is 2.29. The van der Waals surface area contributed by atoms with Crippen molar-refractivity contribution in [2.24, 2.45) is 7.05 Å². The summed E-state index contributed by atoms with van der Waals surface area (Å²) in [4.78, 5) is 33.9. The average molecular weight is 394 g/mol. The van der Waals surface area contributed by atoms with Gasteiger partial charge in [0.05, 0.1) is 12.2 Å². The third kappa shape index (κ3) is 3.88. The molecule has 3 aromatic rings. The van der Waals surface area contributed by atoms with Gasteiger partial charge in [-0.15, -0.1) is 0 Å². The highest BCUT2D eigenvalue weighted by atomic mass is 16.2. The summed E-state index contributed by atoms with van der Waals surface area (Å²) in [5, 5.41) is 2.97. The second-order valence-electron chi connectivity index (χ2n) is 7.70. The monoisotopic (exact) mass is 394 g/mol. The van der Waals surface area contributed by atoms with E-state index < -0.39 is 0 Å². The number of carbonyl (C=O) groups is 1. The molecular weight excluding hydrogens is 368 g/mol. The first-order valence-electron chi connectivity index (χ1n) is 9.81. The van der Waals surface area contributed by atoms with E-state index in [0.29, 0.717) is 24.5 Å². The lowest BCUT2D eigenvalue weighted by Crippen LogP contribution is -2.53. The van der Waals surface area contributed by atoms with Gasteiger partial charge >= 0.3 is 0 Å². The van der Waals surface area contributed by atoms with Crippen LogP contribution in [0.25, 0.3) is 5.69 Å². The number of rotatable bonds is 4. The van der Waals surface area contributed by atoms with E-state index in [1.165, 1.54) is 10.7 Å². The number of aromatic amines is 1. The molecule has 1 fully saturated rings. The Kier molecular flexibility index (Phi) is 5.10. The van der Waals surface area contributed by atoms with Crippen molar-refractivity contribution < 1.29 is 4.79 Å². The minimum Gasteiger partial charge on any atom is -0.337 e. The molecule has 0 spiro atoms. The van der Waals surface area contributed by atoms with Crippen LogP contribution in [0.2, 0.25) is 0 Å². The third-order valence-corrected chi connectivity index (χ3v) is 5.56. The van der Waals surface area contributed by atoms with E-state index in [2.05, 4.69) is 21.9 Å². The molecule has 4 rings (SSSR count). The summed E-state index contributed by atoms with van der Waals surface area (Å²) in [6.07, 6.45) is 3.74. The maximum absolute atomic E-state index is 13.0. The summed E-state index contributed by atoms with van der Waals surface area (Å²) < 4.78 is 3.43. The molecule has 1 aliphatic rings. The van der Waals surface area contributed by atoms with Gasteiger partial charge in [-0.1, -0.05) is 17.7 Å². The van der Waals surface area contributed by atoms with Gasteiger partial charge in [0.25, 0.3) is 11.5 Å². The molecule has 0 saturated carbocycles. The van der Waals surface area contributed by atoms with Crippen molar-refractivity contribution in [3.63, 3.8) is 0 Å². The molecule has 1 saturated heterocycles. The molecule has 1 aliphatic heterocycles. The van der Waals surface area contributed by atoms with E-state index in [1.807, 2.05) is 53.9 Å². The quantitative estimate of drug-likeness (QED) is 0.728. The standard InChI is InChI=1S/C21H26N6O2/c1-15-4-6-17(7-5-15)27-20(28)12-18(23-27)21(29)26-11-10-25(16(2)13-26)14-19-22-8-9-24(19)3/h4-9,12,16,23H,10-11,13-14H2,1-3H3. The fourth-order valence-corrected chi connectivity index (χ4v) is 3.71. The molecule has 152 valence electrons. The van der Waals surface area contributed by atoms with Gasteiger partial charge < -0.3 is 9.47 Å². The Bertz CT molecular complexity index is 1060. The lowest BCUT2D eigenvalue weighted by molar-refractivity contribution is 0.0481. The van der Waals surface area contributed by atoms with Crippen LogP contribution < -0.4 is 5.56 Å². The molecule has 2 aromatic heterocycles. The zero-order chi connectivity index (χ0) is 20.5. The maximum atomic E-state index is 13.0. The van der Waals surface area contributed by atoms with E-state index in [-0.39, 0.29) is 17.5 Å². The van der Waals surface area contributed by atoms with Gasteiger partial charge in [-0.3, -0.25) is 19.6 Å². The first kappa shape index (κ1) is 19.2. The van der Waals surface area contributed by atoms with E-state index in [1.54, 1.807) is 6.20 Å². The molecule has 1 amide bonds. The Morgan fingerprint density at radius 1 is 1.24 bits per heavy atom. The summed E-state index contributed by atoms with van der Waals surface area (Å²) in [6, 6.07) is 9.18. The Labute approximate surface area is 169 Å². The number of aryl methyl sites for hydroxylation is 2. The number of imidazole rings is 1. The highest BCUT2D eigenvalue weighted by Crippen LogP contribution is 2.15. The van der Waals surface area contributed by atoms with E-state index in [4.69, 9.17) is 0 Å². The van der Waals surface area contributed by atoms with E-state index in [0.717, 1.165) is 24.5 Å². The van der Waals surface area contributed by atoms with Gasteiger partial charge in [-0.05, 0) is 26.0 Å². The Morgan fingerprint density at radius 2 is 2.00 bits per heavy atom. The highest BCUT2D eigenvalue weighted by molar-refractivity contribution is 5.92. The number of carbonyl (C=O) groups excluding carboxylic acids is 1. The van der Waals surface area contributed by atoms with Crippen molar-refractivity contribution in [2.75, 3.05) is 19.6 Å². The molecule has 3 heterocycles. The van der Waals surface area contributed by atoms with Gasteiger partial charge in [-0.2, -0.15) is 0 Å². The zero-order valence-corrected chi connectivity index (χ0v) is 17.0. The fourth-order valence-electron chi connectivity index (χ4n) is 3.71. The van der Waals surface area contributed by atoms with Crippen LogP contribution in [0.3, 0.4) is 0 Å². The molecule has 0 aliphatic carbocycles. The summed E-state index contributed by atoms with van der Waals surface area (Å²) in [5.41, 5.74) is 1.91. The van der Waals surface area contributed by atoms with Crippen LogP contribution in [0.15, 0.2) is 47.5 Å². The topological polar surface area (TPSA) is 79.2 Å². The minimum absolute atomic E-state index is 0.142. The number of hydrogen-bond donors (Lipinski definition) is 1. The number of nitrogens with zero attached hydrogens (tertiary/aromatic N) is 5. The Balaban J connectivity index is 1.45. The number of benzene rings is 1. The molecule has 8 heteroatoms. The van der Waals surface area contributed by atoms with Crippen LogP contribution in [-0.2, 0) is 13.6 Å². The Hall–Kier alpha value is -3.13. The predicted octanol–water partition coefficient (Wildman–Crippen LogP) is 1.55. The molecule has 29 heavy (non-hydrogen) atoms. The molecule has 1 unspecified atom stereocenters. The predicted molar refractivity (Wildman–Crippen MR) is 110 cm³/mol. The molecule has 8 nitrogen and oxygen atoms in total. The Morgan fingerprint density at radius 3 is 2.66 bits per heavy atom. The fraction of sp³-hybridized carbons (Fsp3) is 0.381. The molecule has 1 N–H and O–H groups in total. The third-order valence-electron chi connectivity index (χ3n) is 5.56. The lowest BCUT2D eigenvalue weighted by atomic mass is 10.1. The first-order valence-corrected chi connectivity index (χ1v) is 9.81. The molecule has 1 atom stereocenters. The summed E-state index contributed by atoms with van der Waals surface area (Å²) in [7, 11) is 1.99. The van der Waals surface area contributed by atoms with Crippen LogP contribution in [0.1, 0.15) is 28.8 Å². The number of aromatic nitrogens is 4. The number of H-pyrrole nitrogens is 1. The van der Waals surface area contributed by atoms with Crippen LogP contribution in [-0.4, -0.2) is 60.7 Å². The van der Waals surface area contributed by atoms with Crippen LogP contribution in [0.5, 0.6) is 0 Å². The largest absolute Gasteiger partial charge is 0.337 e. The number of piperazine rings is 1. The first-order chi connectivity index (χ1) is 13.9. The van der Waals surface area contributed by atoms with Crippen molar-refractivity contribution in [1.29, 1.82) is 0 Å². The van der Waals surface area contributed by atoms with Crippen LogP contribution in [0.4, 0.5) is 0 Å². The number of nitrogens with one attached hydrogen (secondary N) is 1. The van der Waals surface area contributed by atoms with Gasteiger partial charge in [0.2, 0.25) is 0 Å². The van der Waals surface area contributed by atoms with E-state index >= 15 is 0 Å². The van der Waals surface area contributed by atoms with Gasteiger partial charge in [0.15, 0.2) is 0 Å². The number of hydrogen-bond acceptors (Lipinski definition) is 4. The van der Waals surface area contributed by atoms with Crippen molar-refractivity contribution in [2.45, 2.75) is 26.4 Å². The molecule has 0 bridgehead atoms. The maximum Gasteiger partial charge on any atom is 0.272 e. The zero-order valence-electron chi connectivity index (χ0n) is 17.0. The van der Waals surface area contributed by atoms with Crippen molar-refractivity contribution in [1.82, 2.24) is 29.1 Å². The summed E-state index contributed by atoms with van der Waals surface area (Å²) >= 11 is 0. The minimum atomic E-state index is -0.237. The number of amides is 1. The normalized spacial score (nSPS) is 17.6. The SMILES string of the molecule is Cc1ccc(-n2[nH]c(C(=O)N3CCN(Cc4nccn4C)C(C)C3)cc2=O)cc1. The van der Waals surface area contributed by atoms with Crippen molar-refractivity contribution in [3.05, 3.63) is 70.2 Å². The van der Waals surface area contributed by atoms with Crippen LogP contribution in [0, 0.1) is 6.92 Å². The second kappa shape index (κ2) is 7.71. The summed E-state index contributed by atoms with van der Waals surface area (Å²) in [6.45, 7) is 6.86. The van der Waals surface area contributed by atoms with Crippen molar-refractivity contribution in [3.8, 4) is 5.69 Å². The smallest absolute Gasteiger partial charge is 0.272 e. The van der Waals surface area contributed by atoms with Gasteiger partial charge in [0.1, 0.15) is 11.5 Å². The lowest BCUT2D eigenvalue weighted by Gasteiger charge is -2.39. The summed E-state index contributed by atoms with van der Waals surface area (Å²) in [5.74, 6) is 0.868. The van der Waals surface area contributed by atoms with Gasteiger partial charge in [-0.25, -0.2) is 9.67 Å². The van der Waals surface area contributed by atoms with Crippen LogP contribution >= 0.6 is 0 Å². The molecule has 1 aromatic carbocycles.